The Morgan fingerprint density at radius 2 is 0.941 bits per heavy atom. The maximum Gasteiger partial charge on any atom is 0.0713 e. The van der Waals surface area contributed by atoms with Crippen molar-refractivity contribution in [1.82, 2.24) is 4.57 Å². The minimum absolute atomic E-state index is 0.386. The summed E-state index contributed by atoms with van der Waals surface area (Å²) in [6, 6.07) is 72.7. The van der Waals surface area contributed by atoms with Crippen LogP contribution in [0.2, 0.25) is 0 Å². The van der Waals surface area contributed by atoms with Crippen LogP contribution in [0.4, 0.5) is 11.4 Å². The van der Waals surface area contributed by atoms with Crippen molar-refractivity contribution >= 4 is 33.2 Å². The smallest absolute Gasteiger partial charge is 0.0713 e. The third-order valence-corrected chi connectivity index (χ3v) is 10.7. The molecule has 240 valence electrons. The fraction of sp³-hybridized carbons (Fsp3) is 0.0204. The summed E-state index contributed by atoms with van der Waals surface area (Å²) in [7, 11) is 0. The van der Waals surface area contributed by atoms with Gasteiger partial charge in [0.25, 0.3) is 0 Å². The molecular formula is C49H34N2. The first-order valence-corrected chi connectivity index (χ1v) is 17.6. The van der Waals surface area contributed by atoms with Crippen molar-refractivity contribution in [3.05, 3.63) is 222 Å². The first-order valence-electron chi connectivity index (χ1n) is 17.6. The molecule has 2 heteroatoms. The lowest BCUT2D eigenvalue weighted by Crippen LogP contribution is -2.28. The van der Waals surface area contributed by atoms with Gasteiger partial charge in [0.05, 0.1) is 16.4 Å². The van der Waals surface area contributed by atoms with E-state index in [1.165, 1.54) is 72.0 Å². The van der Waals surface area contributed by atoms with Gasteiger partial charge in [0.2, 0.25) is 0 Å². The van der Waals surface area contributed by atoms with Crippen LogP contribution < -0.4 is 5.32 Å². The Morgan fingerprint density at radius 3 is 1.69 bits per heavy atom. The predicted molar refractivity (Wildman–Crippen MR) is 213 cm³/mol. The molecule has 8 aromatic carbocycles. The number of aromatic nitrogens is 1. The Labute approximate surface area is 297 Å². The lowest BCUT2D eigenvalue weighted by Gasteiger charge is -2.33. The molecule has 0 fully saturated rings. The van der Waals surface area contributed by atoms with Crippen molar-refractivity contribution in [2.24, 2.45) is 0 Å². The molecule has 1 aromatic heterocycles. The fourth-order valence-electron chi connectivity index (χ4n) is 8.45. The second-order valence-electron chi connectivity index (χ2n) is 13.4. The summed E-state index contributed by atoms with van der Waals surface area (Å²) in [4.78, 5) is 0. The molecule has 1 aliphatic carbocycles. The molecule has 1 heterocycles. The Morgan fingerprint density at radius 1 is 0.373 bits per heavy atom. The van der Waals surface area contributed by atoms with Crippen molar-refractivity contribution in [2.75, 3.05) is 5.32 Å². The van der Waals surface area contributed by atoms with Crippen LogP contribution in [0.3, 0.4) is 0 Å². The van der Waals surface area contributed by atoms with Crippen molar-refractivity contribution < 1.29 is 0 Å². The lowest BCUT2D eigenvalue weighted by atomic mass is 9.68. The Balaban J connectivity index is 1.01. The topological polar surface area (TPSA) is 17.0 Å². The number of para-hydroxylation sites is 2. The SMILES string of the molecule is c1ccc(-n2c3ccccc3c3cc(-c4ccc(Nc5ccc6c(c5)-c5ccccc5C6(c5ccccc5)c5ccccc5)cc4)ccc32)cc1. The number of benzene rings is 8. The van der Waals surface area contributed by atoms with E-state index in [-0.39, 0.29) is 5.41 Å². The van der Waals surface area contributed by atoms with Gasteiger partial charge in [0.15, 0.2) is 0 Å². The molecule has 0 atom stereocenters. The van der Waals surface area contributed by atoms with E-state index < -0.39 is 0 Å². The molecule has 51 heavy (non-hydrogen) atoms. The van der Waals surface area contributed by atoms with Gasteiger partial charge in [-0.3, -0.25) is 0 Å². The molecule has 9 aromatic rings. The van der Waals surface area contributed by atoms with Crippen molar-refractivity contribution in [2.45, 2.75) is 5.41 Å². The normalized spacial score (nSPS) is 12.9. The van der Waals surface area contributed by atoms with Gasteiger partial charge in [-0.25, -0.2) is 0 Å². The molecule has 0 aliphatic heterocycles. The molecule has 0 saturated heterocycles. The first kappa shape index (κ1) is 29.3. The van der Waals surface area contributed by atoms with Gasteiger partial charge in [0, 0.05) is 27.8 Å². The highest BCUT2D eigenvalue weighted by Crippen LogP contribution is 2.56. The minimum atomic E-state index is -0.386. The summed E-state index contributed by atoms with van der Waals surface area (Å²) >= 11 is 0. The van der Waals surface area contributed by atoms with Gasteiger partial charge >= 0.3 is 0 Å². The standard InChI is InChI=1S/C49H34N2/c1-4-14-36(15-5-1)49(37-16-6-2-7-17-37)45-22-12-10-20-41(45)43-33-39(29-30-46(43)49)50-38-27-24-34(25-28-38)35-26-31-48-44(32-35)42-21-11-13-23-47(42)51(48)40-18-8-3-9-19-40/h1-33,50H. The van der Waals surface area contributed by atoms with Crippen molar-refractivity contribution in [3.8, 4) is 27.9 Å². The highest BCUT2D eigenvalue weighted by atomic mass is 15.0. The molecule has 0 radical (unpaired) electrons. The summed E-state index contributed by atoms with van der Waals surface area (Å²) in [5.74, 6) is 0. The van der Waals surface area contributed by atoms with Crippen molar-refractivity contribution in [1.29, 1.82) is 0 Å². The van der Waals surface area contributed by atoms with Crippen LogP contribution in [-0.4, -0.2) is 4.57 Å². The van der Waals surface area contributed by atoms with Crippen LogP contribution in [-0.2, 0) is 5.41 Å². The van der Waals surface area contributed by atoms with Crippen LogP contribution in [0.1, 0.15) is 22.3 Å². The number of nitrogens with zero attached hydrogens (tertiary/aromatic N) is 1. The maximum absolute atomic E-state index is 3.72. The molecule has 0 unspecified atom stereocenters. The number of rotatable bonds is 6. The zero-order chi connectivity index (χ0) is 33.8. The number of hydrogen-bond acceptors (Lipinski definition) is 1. The van der Waals surface area contributed by atoms with Gasteiger partial charge < -0.3 is 9.88 Å². The third kappa shape index (κ3) is 4.57. The number of nitrogens with one attached hydrogen (secondary N) is 1. The molecule has 0 spiro atoms. The van der Waals surface area contributed by atoms with Crippen LogP contribution >= 0.6 is 0 Å². The third-order valence-electron chi connectivity index (χ3n) is 10.7. The van der Waals surface area contributed by atoms with E-state index >= 15 is 0 Å². The van der Waals surface area contributed by atoms with E-state index in [0.29, 0.717) is 0 Å². The highest BCUT2D eigenvalue weighted by Gasteiger charge is 2.45. The van der Waals surface area contributed by atoms with E-state index in [2.05, 4.69) is 210 Å². The minimum Gasteiger partial charge on any atom is -0.356 e. The largest absolute Gasteiger partial charge is 0.356 e. The van der Waals surface area contributed by atoms with Crippen LogP contribution in [0.25, 0.3) is 49.7 Å². The summed E-state index contributed by atoms with van der Waals surface area (Å²) in [6.07, 6.45) is 0. The van der Waals surface area contributed by atoms with Gasteiger partial charge in [-0.15, -0.1) is 0 Å². The summed E-state index contributed by atoms with van der Waals surface area (Å²) in [6.45, 7) is 0. The molecule has 1 N–H and O–H groups in total. The zero-order valence-electron chi connectivity index (χ0n) is 28.0. The number of anilines is 2. The molecule has 2 nitrogen and oxygen atoms in total. The molecule has 0 bridgehead atoms. The zero-order valence-corrected chi connectivity index (χ0v) is 28.0. The second-order valence-corrected chi connectivity index (χ2v) is 13.4. The summed E-state index contributed by atoms with van der Waals surface area (Å²) in [5.41, 5.74) is 15.5. The lowest BCUT2D eigenvalue weighted by molar-refractivity contribution is 0.768. The van der Waals surface area contributed by atoms with Gasteiger partial charge in [-0.1, -0.05) is 146 Å². The summed E-state index contributed by atoms with van der Waals surface area (Å²) < 4.78 is 2.36. The molecule has 1 aliphatic rings. The highest BCUT2D eigenvalue weighted by molar-refractivity contribution is 6.10. The Kier molecular flexibility index (Phi) is 6.75. The van der Waals surface area contributed by atoms with E-state index in [1.54, 1.807) is 0 Å². The fourth-order valence-corrected chi connectivity index (χ4v) is 8.45. The van der Waals surface area contributed by atoms with Crippen LogP contribution in [0.15, 0.2) is 200 Å². The maximum atomic E-state index is 3.72. The van der Waals surface area contributed by atoms with E-state index in [0.717, 1.165) is 11.4 Å². The average molecular weight is 651 g/mol. The number of fused-ring (bicyclic) bond motifs is 6. The van der Waals surface area contributed by atoms with E-state index in [1.807, 2.05) is 0 Å². The van der Waals surface area contributed by atoms with Crippen LogP contribution in [0.5, 0.6) is 0 Å². The van der Waals surface area contributed by atoms with Gasteiger partial charge in [0.1, 0.15) is 0 Å². The first-order chi connectivity index (χ1) is 25.3. The quantitative estimate of drug-likeness (QED) is 0.189. The van der Waals surface area contributed by atoms with E-state index in [4.69, 9.17) is 0 Å². The summed E-state index contributed by atoms with van der Waals surface area (Å²) in [5, 5.41) is 6.24. The van der Waals surface area contributed by atoms with Gasteiger partial charge in [-0.2, -0.15) is 0 Å². The van der Waals surface area contributed by atoms with Crippen molar-refractivity contribution in [3.63, 3.8) is 0 Å². The molecular weight excluding hydrogens is 617 g/mol. The number of hydrogen-bond donors (Lipinski definition) is 1. The molecule has 10 rings (SSSR count). The molecule has 0 saturated carbocycles. The molecule has 0 amide bonds. The second kappa shape index (κ2) is 11.8. The Hall–Kier alpha value is -6.64. The van der Waals surface area contributed by atoms with Gasteiger partial charge in [-0.05, 0) is 99.1 Å². The predicted octanol–water partition coefficient (Wildman–Crippen LogP) is 12.6. The van der Waals surface area contributed by atoms with E-state index in [9.17, 15) is 0 Å². The Bertz CT molecular complexity index is 2650. The monoisotopic (exact) mass is 650 g/mol. The average Bonchev–Trinajstić information content (AvgIpc) is 3.69. The van der Waals surface area contributed by atoms with Crippen LogP contribution in [0, 0.1) is 0 Å².